The predicted molar refractivity (Wildman–Crippen MR) is 52.8 cm³/mol. The maximum Gasteiger partial charge on any atom is 0.122 e. The van der Waals surface area contributed by atoms with Crippen LogP contribution in [0.2, 0.25) is 0 Å². The van der Waals surface area contributed by atoms with E-state index in [1.807, 2.05) is 0 Å². The van der Waals surface area contributed by atoms with Gasteiger partial charge in [0.15, 0.2) is 0 Å². The summed E-state index contributed by atoms with van der Waals surface area (Å²) in [5, 5.41) is 0. The van der Waals surface area contributed by atoms with Crippen LogP contribution in [0.25, 0.3) is 0 Å². The van der Waals surface area contributed by atoms with E-state index in [9.17, 15) is 0 Å². The summed E-state index contributed by atoms with van der Waals surface area (Å²) in [5.41, 5.74) is -0.165. The molecule has 1 saturated carbocycles. The van der Waals surface area contributed by atoms with Crippen LogP contribution in [0.4, 0.5) is 0 Å². The van der Waals surface area contributed by atoms with Crippen LogP contribution in [-0.4, -0.2) is 23.9 Å². The molecule has 14 heavy (non-hydrogen) atoms. The third-order valence-corrected chi connectivity index (χ3v) is 2.97. The van der Waals surface area contributed by atoms with Gasteiger partial charge in [-0.1, -0.05) is 13.3 Å². The maximum absolute atomic E-state index is 5.47. The van der Waals surface area contributed by atoms with E-state index in [1.54, 1.807) is 0 Å². The molecular formula is C11H20O3. The molecule has 3 unspecified atom stereocenters. The van der Waals surface area contributed by atoms with Crippen molar-refractivity contribution in [3.05, 3.63) is 0 Å². The van der Waals surface area contributed by atoms with Crippen molar-refractivity contribution in [3.8, 4) is 0 Å². The van der Waals surface area contributed by atoms with Crippen molar-refractivity contribution in [2.24, 2.45) is 0 Å². The Bertz CT molecular complexity index is 203. The summed E-state index contributed by atoms with van der Waals surface area (Å²) in [6, 6.07) is 0. The van der Waals surface area contributed by atoms with Crippen LogP contribution in [0.5, 0.6) is 0 Å². The van der Waals surface area contributed by atoms with Crippen molar-refractivity contribution >= 4 is 0 Å². The second kappa shape index (κ2) is 3.80. The number of fused-ring (bicyclic) bond motifs is 1. The van der Waals surface area contributed by atoms with E-state index in [-0.39, 0.29) is 11.7 Å². The van der Waals surface area contributed by atoms with Gasteiger partial charge in [-0.3, -0.25) is 0 Å². The molecule has 1 aliphatic heterocycles. The standard InChI is InChI=1S/C11H20O3/c1-4-7-11(2,3)14-13-9-6-5-8-10(9)12-8/h8-10H,4-7H2,1-3H3. The molecule has 2 aliphatic rings. The van der Waals surface area contributed by atoms with E-state index in [2.05, 4.69) is 20.8 Å². The van der Waals surface area contributed by atoms with Crippen LogP contribution in [-0.2, 0) is 14.5 Å². The van der Waals surface area contributed by atoms with Gasteiger partial charge in [0, 0.05) is 0 Å². The fourth-order valence-electron chi connectivity index (χ4n) is 2.15. The Morgan fingerprint density at radius 2 is 2.14 bits per heavy atom. The van der Waals surface area contributed by atoms with E-state index in [0.717, 1.165) is 25.7 Å². The Kier molecular flexibility index (Phi) is 2.82. The molecule has 0 N–H and O–H groups in total. The number of hydrogen-bond acceptors (Lipinski definition) is 3. The van der Waals surface area contributed by atoms with Gasteiger partial charge in [-0.05, 0) is 33.1 Å². The lowest BCUT2D eigenvalue weighted by molar-refractivity contribution is -0.380. The summed E-state index contributed by atoms with van der Waals surface area (Å²) in [4.78, 5) is 10.9. The Balaban J connectivity index is 1.70. The summed E-state index contributed by atoms with van der Waals surface area (Å²) in [6.45, 7) is 6.29. The summed E-state index contributed by atoms with van der Waals surface area (Å²) < 4.78 is 5.39. The maximum atomic E-state index is 5.47. The van der Waals surface area contributed by atoms with Crippen molar-refractivity contribution in [1.29, 1.82) is 0 Å². The third kappa shape index (κ3) is 2.27. The average Bonchev–Trinajstić information content (AvgIpc) is 2.77. The molecule has 1 heterocycles. The van der Waals surface area contributed by atoms with Gasteiger partial charge in [-0.25, -0.2) is 9.78 Å². The van der Waals surface area contributed by atoms with E-state index >= 15 is 0 Å². The molecule has 0 aromatic heterocycles. The third-order valence-electron chi connectivity index (χ3n) is 2.97. The first-order valence-corrected chi connectivity index (χ1v) is 5.62. The van der Waals surface area contributed by atoms with Gasteiger partial charge in [-0.15, -0.1) is 0 Å². The van der Waals surface area contributed by atoms with Crippen molar-refractivity contribution < 1.29 is 14.5 Å². The van der Waals surface area contributed by atoms with Crippen LogP contribution in [0, 0.1) is 0 Å². The predicted octanol–water partition coefficient (Wildman–Crippen LogP) is 2.44. The molecular weight excluding hydrogens is 180 g/mol. The Labute approximate surface area is 85.6 Å². The minimum atomic E-state index is -0.165. The zero-order valence-electron chi connectivity index (χ0n) is 9.29. The highest BCUT2D eigenvalue weighted by Crippen LogP contribution is 2.40. The van der Waals surface area contributed by atoms with Crippen LogP contribution >= 0.6 is 0 Å². The Morgan fingerprint density at radius 3 is 2.64 bits per heavy atom. The largest absolute Gasteiger partial charge is 0.367 e. The smallest absolute Gasteiger partial charge is 0.122 e. The molecule has 1 saturated heterocycles. The highest BCUT2D eigenvalue weighted by molar-refractivity contribution is 4.98. The van der Waals surface area contributed by atoms with Crippen molar-refractivity contribution in [2.75, 3.05) is 0 Å². The zero-order chi connectivity index (χ0) is 10.2. The molecule has 0 amide bonds. The average molecular weight is 200 g/mol. The van der Waals surface area contributed by atoms with E-state index in [4.69, 9.17) is 14.5 Å². The molecule has 3 nitrogen and oxygen atoms in total. The van der Waals surface area contributed by atoms with Crippen molar-refractivity contribution in [3.63, 3.8) is 0 Å². The fraction of sp³-hybridized carbons (Fsp3) is 1.00. The fourth-order valence-corrected chi connectivity index (χ4v) is 2.15. The molecule has 0 spiro atoms. The number of epoxide rings is 1. The number of rotatable bonds is 5. The molecule has 0 radical (unpaired) electrons. The van der Waals surface area contributed by atoms with Crippen LogP contribution in [0.3, 0.4) is 0 Å². The molecule has 1 aliphatic carbocycles. The topological polar surface area (TPSA) is 31.0 Å². The van der Waals surface area contributed by atoms with Gasteiger partial charge in [-0.2, -0.15) is 0 Å². The molecule has 0 aromatic carbocycles. The summed E-state index contributed by atoms with van der Waals surface area (Å²) in [6.07, 6.45) is 5.32. The summed E-state index contributed by atoms with van der Waals surface area (Å²) >= 11 is 0. The second-order valence-corrected chi connectivity index (χ2v) is 4.94. The molecule has 0 aromatic rings. The lowest BCUT2D eigenvalue weighted by atomic mass is 10.0. The van der Waals surface area contributed by atoms with E-state index in [1.165, 1.54) is 0 Å². The Hall–Kier alpha value is -0.120. The van der Waals surface area contributed by atoms with Gasteiger partial charge < -0.3 is 4.74 Å². The highest BCUT2D eigenvalue weighted by Gasteiger charge is 2.52. The van der Waals surface area contributed by atoms with Gasteiger partial charge in [0.1, 0.15) is 12.2 Å². The first-order valence-electron chi connectivity index (χ1n) is 5.62. The molecule has 2 fully saturated rings. The lowest BCUT2D eigenvalue weighted by Gasteiger charge is -2.25. The quantitative estimate of drug-likeness (QED) is 0.388. The van der Waals surface area contributed by atoms with E-state index < -0.39 is 0 Å². The van der Waals surface area contributed by atoms with Crippen molar-refractivity contribution in [1.82, 2.24) is 0 Å². The highest BCUT2D eigenvalue weighted by atomic mass is 17.2. The monoisotopic (exact) mass is 200 g/mol. The van der Waals surface area contributed by atoms with Crippen LogP contribution < -0.4 is 0 Å². The van der Waals surface area contributed by atoms with Gasteiger partial charge >= 0.3 is 0 Å². The van der Waals surface area contributed by atoms with E-state index in [0.29, 0.717) is 12.2 Å². The minimum Gasteiger partial charge on any atom is -0.367 e. The minimum absolute atomic E-state index is 0.165. The zero-order valence-corrected chi connectivity index (χ0v) is 9.29. The van der Waals surface area contributed by atoms with Gasteiger partial charge in [0.2, 0.25) is 0 Å². The first-order chi connectivity index (χ1) is 6.62. The number of ether oxygens (including phenoxy) is 1. The summed E-state index contributed by atoms with van der Waals surface area (Å²) in [7, 11) is 0. The lowest BCUT2D eigenvalue weighted by Crippen LogP contribution is -2.28. The Morgan fingerprint density at radius 1 is 1.36 bits per heavy atom. The molecule has 2 rings (SSSR count). The molecule has 3 atom stereocenters. The number of hydrogen-bond donors (Lipinski definition) is 0. The second-order valence-electron chi connectivity index (χ2n) is 4.94. The van der Waals surface area contributed by atoms with Crippen LogP contribution in [0.1, 0.15) is 46.5 Å². The van der Waals surface area contributed by atoms with Crippen LogP contribution in [0.15, 0.2) is 0 Å². The van der Waals surface area contributed by atoms with Gasteiger partial charge in [0.25, 0.3) is 0 Å². The summed E-state index contributed by atoms with van der Waals surface area (Å²) in [5.74, 6) is 0. The SMILES string of the molecule is CCCC(C)(C)OOC1CCC2OC12. The van der Waals surface area contributed by atoms with Gasteiger partial charge in [0.05, 0.1) is 11.7 Å². The first kappa shape index (κ1) is 10.4. The molecule has 0 bridgehead atoms. The molecule has 82 valence electrons. The molecule has 3 heteroatoms. The van der Waals surface area contributed by atoms with Crippen molar-refractivity contribution in [2.45, 2.75) is 70.4 Å². The normalized spacial score (nSPS) is 35.8.